The molecule has 4 heteroatoms. The molecule has 0 aliphatic carbocycles. The van der Waals surface area contributed by atoms with E-state index >= 15 is 0 Å². The van der Waals surface area contributed by atoms with E-state index in [0.29, 0.717) is 6.54 Å². The van der Waals surface area contributed by atoms with Crippen LogP contribution in [0.4, 0.5) is 0 Å². The number of hydrogen-bond acceptors (Lipinski definition) is 4. The van der Waals surface area contributed by atoms with E-state index in [4.69, 9.17) is 4.74 Å². The van der Waals surface area contributed by atoms with Crippen LogP contribution in [0.25, 0.3) is 0 Å². The Bertz CT molecular complexity index is 559. The molecule has 2 unspecified atom stereocenters. The van der Waals surface area contributed by atoms with Crippen molar-refractivity contribution >= 4 is 0 Å². The Morgan fingerprint density at radius 1 is 1.09 bits per heavy atom. The molecular formula is C18H23NO3. The van der Waals surface area contributed by atoms with Crippen LogP contribution < -0.4 is 10.1 Å². The Labute approximate surface area is 131 Å². The van der Waals surface area contributed by atoms with Gasteiger partial charge in [0.25, 0.3) is 0 Å². The predicted octanol–water partition coefficient (Wildman–Crippen LogP) is 2.06. The summed E-state index contributed by atoms with van der Waals surface area (Å²) >= 11 is 0. The molecule has 2 rings (SSSR count). The summed E-state index contributed by atoms with van der Waals surface area (Å²) in [7, 11) is 0. The van der Waals surface area contributed by atoms with Gasteiger partial charge in [-0.25, -0.2) is 0 Å². The van der Waals surface area contributed by atoms with Gasteiger partial charge in [0.05, 0.1) is 12.6 Å². The lowest BCUT2D eigenvalue weighted by Gasteiger charge is -2.19. The van der Waals surface area contributed by atoms with Gasteiger partial charge >= 0.3 is 0 Å². The van der Waals surface area contributed by atoms with Crippen LogP contribution in [0.2, 0.25) is 0 Å². The fourth-order valence-corrected chi connectivity index (χ4v) is 2.21. The molecule has 0 radical (unpaired) electrons. The quantitative estimate of drug-likeness (QED) is 0.698. The molecule has 0 fully saturated rings. The average molecular weight is 301 g/mol. The van der Waals surface area contributed by atoms with Crippen molar-refractivity contribution in [1.82, 2.24) is 5.32 Å². The number of aliphatic hydroxyl groups is 2. The van der Waals surface area contributed by atoms with Crippen LogP contribution in [0.5, 0.6) is 5.75 Å². The smallest absolute Gasteiger partial charge is 0.119 e. The van der Waals surface area contributed by atoms with E-state index in [1.165, 1.54) is 0 Å². The second kappa shape index (κ2) is 8.54. The number of rotatable bonds is 8. The lowest BCUT2D eigenvalue weighted by molar-refractivity contribution is 0.0997. The van der Waals surface area contributed by atoms with Crippen molar-refractivity contribution in [2.24, 2.45) is 0 Å². The molecule has 0 aromatic heterocycles. The number of benzene rings is 2. The second-order valence-corrected chi connectivity index (χ2v) is 5.34. The van der Waals surface area contributed by atoms with E-state index in [9.17, 15) is 10.2 Å². The standard InChI is InChI=1S/C18H23NO3/c1-14-6-5-9-17(10-14)22-13-16(21)11-19-18(12-20)15-7-3-2-4-8-15/h2-10,16,18-21H,11-13H2,1H3. The van der Waals surface area contributed by atoms with Crippen LogP contribution in [0.3, 0.4) is 0 Å². The third-order valence-corrected chi connectivity index (χ3v) is 3.42. The van der Waals surface area contributed by atoms with Crippen molar-refractivity contribution in [1.29, 1.82) is 0 Å². The zero-order valence-corrected chi connectivity index (χ0v) is 12.8. The van der Waals surface area contributed by atoms with Crippen molar-refractivity contribution in [2.75, 3.05) is 19.8 Å². The highest BCUT2D eigenvalue weighted by molar-refractivity contribution is 5.27. The summed E-state index contributed by atoms with van der Waals surface area (Å²) in [6, 6.07) is 17.2. The van der Waals surface area contributed by atoms with Gasteiger partial charge in [0.15, 0.2) is 0 Å². The maximum atomic E-state index is 10.0. The highest BCUT2D eigenvalue weighted by Gasteiger charge is 2.12. The minimum Gasteiger partial charge on any atom is -0.491 e. The van der Waals surface area contributed by atoms with E-state index in [0.717, 1.165) is 16.9 Å². The summed E-state index contributed by atoms with van der Waals surface area (Å²) in [5.41, 5.74) is 2.12. The van der Waals surface area contributed by atoms with Crippen LogP contribution in [-0.2, 0) is 0 Å². The van der Waals surface area contributed by atoms with Crippen molar-refractivity contribution in [2.45, 2.75) is 19.1 Å². The lowest BCUT2D eigenvalue weighted by Crippen LogP contribution is -2.35. The number of hydrogen-bond donors (Lipinski definition) is 3. The first-order valence-electron chi connectivity index (χ1n) is 7.45. The van der Waals surface area contributed by atoms with Gasteiger partial charge in [0.1, 0.15) is 18.5 Å². The van der Waals surface area contributed by atoms with Crippen LogP contribution >= 0.6 is 0 Å². The molecule has 2 atom stereocenters. The highest BCUT2D eigenvalue weighted by atomic mass is 16.5. The van der Waals surface area contributed by atoms with Gasteiger partial charge in [-0.1, -0.05) is 42.5 Å². The molecule has 3 N–H and O–H groups in total. The second-order valence-electron chi connectivity index (χ2n) is 5.34. The SMILES string of the molecule is Cc1cccc(OCC(O)CNC(CO)c2ccccc2)c1. The summed E-state index contributed by atoms with van der Waals surface area (Å²) in [6.45, 7) is 2.54. The van der Waals surface area contributed by atoms with E-state index in [2.05, 4.69) is 5.32 Å². The average Bonchev–Trinajstić information content (AvgIpc) is 2.54. The Kier molecular flexibility index (Phi) is 6.40. The van der Waals surface area contributed by atoms with Crippen molar-refractivity contribution in [3.8, 4) is 5.75 Å². The Hall–Kier alpha value is -1.88. The molecule has 0 aliphatic rings. The molecule has 0 spiro atoms. The number of ether oxygens (including phenoxy) is 1. The van der Waals surface area contributed by atoms with Crippen LogP contribution in [0, 0.1) is 6.92 Å². The van der Waals surface area contributed by atoms with Gasteiger partial charge in [-0.3, -0.25) is 0 Å². The van der Waals surface area contributed by atoms with Gasteiger partial charge in [-0.05, 0) is 30.2 Å². The summed E-state index contributed by atoms with van der Waals surface area (Å²) in [4.78, 5) is 0. The first-order valence-corrected chi connectivity index (χ1v) is 7.45. The topological polar surface area (TPSA) is 61.7 Å². The highest BCUT2D eigenvalue weighted by Crippen LogP contribution is 2.13. The minimum absolute atomic E-state index is 0.0184. The van der Waals surface area contributed by atoms with E-state index in [1.54, 1.807) is 0 Å². The molecule has 22 heavy (non-hydrogen) atoms. The normalized spacial score (nSPS) is 13.6. The Balaban J connectivity index is 1.78. The number of aryl methyl sites for hydroxylation is 1. The monoisotopic (exact) mass is 301 g/mol. The number of nitrogens with one attached hydrogen (secondary N) is 1. The summed E-state index contributed by atoms with van der Waals surface area (Å²) in [6.07, 6.45) is -0.640. The molecule has 0 heterocycles. The fourth-order valence-electron chi connectivity index (χ4n) is 2.21. The molecule has 2 aromatic rings. The largest absolute Gasteiger partial charge is 0.491 e. The molecule has 118 valence electrons. The molecule has 0 bridgehead atoms. The predicted molar refractivity (Wildman–Crippen MR) is 87.0 cm³/mol. The molecule has 0 amide bonds. The first-order chi connectivity index (χ1) is 10.7. The van der Waals surface area contributed by atoms with Gasteiger partial charge in [-0.2, -0.15) is 0 Å². The maximum absolute atomic E-state index is 10.0. The van der Waals surface area contributed by atoms with Gasteiger partial charge in [-0.15, -0.1) is 0 Å². The zero-order valence-electron chi connectivity index (χ0n) is 12.8. The third kappa shape index (κ3) is 5.15. The lowest BCUT2D eigenvalue weighted by atomic mass is 10.1. The molecule has 2 aromatic carbocycles. The summed E-state index contributed by atoms with van der Waals surface area (Å²) in [5, 5.41) is 22.6. The minimum atomic E-state index is -0.640. The summed E-state index contributed by atoms with van der Waals surface area (Å²) < 4.78 is 5.57. The Morgan fingerprint density at radius 2 is 1.86 bits per heavy atom. The van der Waals surface area contributed by atoms with Gasteiger partial charge in [0.2, 0.25) is 0 Å². The molecule has 4 nitrogen and oxygen atoms in total. The van der Waals surface area contributed by atoms with Gasteiger partial charge < -0.3 is 20.3 Å². The third-order valence-electron chi connectivity index (χ3n) is 3.42. The molecular weight excluding hydrogens is 278 g/mol. The zero-order chi connectivity index (χ0) is 15.8. The van der Waals surface area contributed by atoms with Crippen molar-refractivity contribution in [3.05, 3.63) is 65.7 Å². The van der Waals surface area contributed by atoms with Crippen LogP contribution in [-0.4, -0.2) is 36.1 Å². The van der Waals surface area contributed by atoms with Crippen molar-refractivity contribution in [3.63, 3.8) is 0 Å². The van der Waals surface area contributed by atoms with E-state index < -0.39 is 6.10 Å². The number of aliphatic hydroxyl groups excluding tert-OH is 2. The Morgan fingerprint density at radius 3 is 2.55 bits per heavy atom. The maximum Gasteiger partial charge on any atom is 0.119 e. The fraction of sp³-hybridized carbons (Fsp3) is 0.333. The molecule has 0 aliphatic heterocycles. The summed E-state index contributed by atoms with van der Waals surface area (Å²) in [5.74, 6) is 0.751. The van der Waals surface area contributed by atoms with E-state index in [-0.39, 0.29) is 19.3 Å². The molecule has 0 saturated carbocycles. The van der Waals surface area contributed by atoms with Gasteiger partial charge in [0, 0.05) is 6.54 Å². The van der Waals surface area contributed by atoms with Crippen molar-refractivity contribution < 1.29 is 14.9 Å². The first kappa shape index (κ1) is 16.5. The molecule has 0 saturated heterocycles. The van der Waals surface area contributed by atoms with Crippen LogP contribution in [0.15, 0.2) is 54.6 Å². The van der Waals surface area contributed by atoms with E-state index in [1.807, 2.05) is 61.5 Å². The van der Waals surface area contributed by atoms with Crippen LogP contribution in [0.1, 0.15) is 17.2 Å².